The van der Waals surface area contributed by atoms with E-state index in [1.807, 2.05) is 0 Å². The lowest BCUT2D eigenvalue weighted by atomic mass is 9.88. The highest BCUT2D eigenvalue weighted by molar-refractivity contribution is 5.96. The molecule has 1 fully saturated rings. The molecule has 3 rings (SSSR count). The largest absolute Gasteiger partial charge is 0.388 e. The summed E-state index contributed by atoms with van der Waals surface area (Å²) in [6.07, 6.45) is -8.02. The smallest absolute Gasteiger partial charge is 0.164 e. The Labute approximate surface area is 161 Å². The molecule has 2 aromatic rings. The van der Waals surface area contributed by atoms with Crippen molar-refractivity contribution in [1.29, 1.82) is 0 Å². The molecule has 0 aromatic heterocycles. The molecule has 1 aliphatic heterocycles. The third-order valence-corrected chi connectivity index (χ3v) is 4.31. The topological polar surface area (TPSA) is 40.5 Å². The highest BCUT2D eigenvalue weighted by atomic mass is 16.3. The van der Waals surface area contributed by atoms with Gasteiger partial charge in [-0.3, -0.25) is 9.69 Å². The van der Waals surface area contributed by atoms with Crippen LogP contribution in [0.3, 0.4) is 0 Å². The number of aliphatic hydroxyl groups is 1. The SMILES string of the molecule is [2H]C([2H])(C(=O)c1ccccc1)[C@H]1CCC[C@@H](C([2H])([2H])C([2H])(O)c2ccccc2)N1C([2H])([2H])[2H]. The number of carbonyl (C=O) groups excluding carboxylic acids is 1. The van der Waals surface area contributed by atoms with Crippen molar-refractivity contribution >= 4 is 5.78 Å². The third kappa shape index (κ3) is 4.56. The first kappa shape index (κ1) is 10.2. The van der Waals surface area contributed by atoms with Crippen LogP contribution in [0, 0.1) is 0 Å². The first-order valence-corrected chi connectivity index (χ1v) is 8.38. The molecule has 2 aromatic carbocycles. The van der Waals surface area contributed by atoms with Crippen LogP contribution in [0.4, 0.5) is 0 Å². The molecule has 132 valence electrons. The molecule has 0 radical (unpaired) electrons. The first-order valence-electron chi connectivity index (χ1n) is 12.4. The summed E-state index contributed by atoms with van der Waals surface area (Å²) in [5.41, 5.74) is 0.0328. The maximum atomic E-state index is 13.0. The minimum Gasteiger partial charge on any atom is -0.388 e. The summed E-state index contributed by atoms with van der Waals surface area (Å²) in [5.74, 6) is -0.896. The molecule has 1 unspecified atom stereocenters. The van der Waals surface area contributed by atoms with Gasteiger partial charge in [0.25, 0.3) is 0 Å². The van der Waals surface area contributed by atoms with Crippen molar-refractivity contribution in [2.75, 3.05) is 6.98 Å². The van der Waals surface area contributed by atoms with Crippen molar-refractivity contribution < 1.29 is 20.9 Å². The molecule has 25 heavy (non-hydrogen) atoms. The molecule has 3 atom stereocenters. The van der Waals surface area contributed by atoms with E-state index in [2.05, 4.69) is 0 Å². The summed E-state index contributed by atoms with van der Waals surface area (Å²) in [7, 11) is 0. The molecule has 1 heterocycles. The van der Waals surface area contributed by atoms with Gasteiger partial charge in [0.15, 0.2) is 5.78 Å². The van der Waals surface area contributed by atoms with Crippen LogP contribution >= 0.6 is 0 Å². The zero-order valence-corrected chi connectivity index (χ0v) is 13.9. The number of benzene rings is 2. The number of hydrogen-bond acceptors (Lipinski definition) is 3. The van der Waals surface area contributed by atoms with Crippen molar-refractivity contribution in [2.45, 2.75) is 50.2 Å². The number of likely N-dealkylation sites (tertiary alicyclic amines) is 1. The fourth-order valence-corrected chi connectivity index (χ4v) is 2.94. The number of rotatable bonds is 6. The van der Waals surface area contributed by atoms with E-state index in [0.29, 0.717) is 4.90 Å². The van der Waals surface area contributed by atoms with Crippen LogP contribution in [0.1, 0.15) is 65.0 Å². The Kier molecular flexibility index (Phi) is 3.45. The summed E-state index contributed by atoms with van der Waals surface area (Å²) in [5, 5.41) is 10.9. The van der Waals surface area contributed by atoms with E-state index in [9.17, 15) is 9.90 Å². The monoisotopic (exact) mass is 345 g/mol. The second kappa shape index (κ2) is 8.41. The Morgan fingerprint density at radius 3 is 2.52 bits per heavy atom. The van der Waals surface area contributed by atoms with E-state index in [1.165, 1.54) is 36.4 Å². The van der Waals surface area contributed by atoms with E-state index in [1.54, 1.807) is 24.3 Å². The van der Waals surface area contributed by atoms with Crippen LogP contribution in [0.2, 0.25) is 0 Å². The Bertz CT molecular complexity index is 963. The zero-order valence-electron chi connectivity index (χ0n) is 21.9. The van der Waals surface area contributed by atoms with Crippen molar-refractivity contribution in [1.82, 2.24) is 4.90 Å². The lowest BCUT2D eigenvalue weighted by molar-refractivity contribution is 0.0549. The van der Waals surface area contributed by atoms with E-state index in [-0.39, 0.29) is 30.4 Å². The average molecular weight is 346 g/mol. The van der Waals surface area contributed by atoms with Crippen LogP contribution in [0.15, 0.2) is 60.7 Å². The molecule has 3 heteroatoms. The minimum absolute atomic E-state index is 0.0122. The summed E-state index contributed by atoms with van der Waals surface area (Å²) in [6, 6.07) is 12.2. The van der Waals surface area contributed by atoms with Crippen LogP contribution < -0.4 is 0 Å². The average Bonchev–Trinajstić information content (AvgIpc) is 2.78. The molecule has 1 N–H and O–H groups in total. The highest BCUT2D eigenvalue weighted by Gasteiger charge is 2.30. The van der Waals surface area contributed by atoms with E-state index in [0.717, 1.165) is 0 Å². The summed E-state index contributed by atoms with van der Waals surface area (Å²) < 4.78 is 67.2. The predicted molar refractivity (Wildman–Crippen MR) is 101 cm³/mol. The van der Waals surface area contributed by atoms with Crippen molar-refractivity contribution in [3.8, 4) is 0 Å². The number of Topliss-reactive ketones (excluding diaryl/α,β-unsaturated/α-hetero) is 1. The zero-order chi connectivity index (χ0) is 24.7. The van der Waals surface area contributed by atoms with Gasteiger partial charge < -0.3 is 5.11 Å². The fraction of sp³-hybridized carbons (Fsp3) is 0.409. The number of hydrogen-bond donors (Lipinski definition) is 1. The molecule has 1 saturated heterocycles. The molecule has 1 aliphatic rings. The molecule has 3 nitrogen and oxygen atoms in total. The van der Waals surface area contributed by atoms with Gasteiger partial charge in [-0.05, 0) is 31.8 Å². The maximum absolute atomic E-state index is 13.0. The summed E-state index contributed by atoms with van der Waals surface area (Å²) >= 11 is 0. The first-order chi connectivity index (χ1) is 15.2. The van der Waals surface area contributed by atoms with Crippen LogP contribution in [0.5, 0.6) is 0 Å². The number of carbonyl (C=O) groups is 1. The predicted octanol–water partition coefficient (Wildman–Crippen LogP) is 4.24. The number of nitrogens with zero attached hydrogens (tertiary/aromatic N) is 1. The number of piperidine rings is 1. The molecule has 0 bridgehead atoms. The van der Waals surface area contributed by atoms with Gasteiger partial charge in [-0.15, -0.1) is 0 Å². The minimum atomic E-state index is -2.97. The highest BCUT2D eigenvalue weighted by Crippen LogP contribution is 2.30. The van der Waals surface area contributed by atoms with E-state index in [4.69, 9.17) is 11.0 Å². The Balaban J connectivity index is 2.06. The molecule has 0 saturated carbocycles. The van der Waals surface area contributed by atoms with Gasteiger partial charge in [0.05, 0.1) is 7.45 Å². The molecule has 0 aliphatic carbocycles. The van der Waals surface area contributed by atoms with Gasteiger partial charge in [-0.25, -0.2) is 0 Å². The van der Waals surface area contributed by atoms with Gasteiger partial charge in [0.2, 0.25) is 0 Å². The Morgan fingerprint density at radius 1 is 1.20 bits per heavy atom. The van der Waals surface area contributed by atoms with E-state index < -0.39 is 43.7 Å². The summed E-state index contributed by atoms with van der Waals surface area (Å²) in [4.78, 5) is 13.7. The quantitative estimate of drug-likeness (QED) is 0.796. The second-order valence-electron chi connectivity index (χ2n) is 6.07. The number of ketones is 1. The van der Waals surface area contributed by atoms with Gasteiger partial charge in [-0.2, -0.15) is 0 Å². The van der Waals surface area contributed by atoms with E-state index >= 15 is 0 Å². The van der Waals surface area contributed by atoms with Crippen molar-refractivity contribution in [3.63, 3.8) is 0 Å². The lowest BCUT2D eigenvalue weighted by Gasteiger charge is -2.40. The van der Waals surface area contributed by atoms with Crippen LogP contribution in [-0.2, 0) is 0 Å². The molecule has 0 spiro atoms. The maximum Gasteiger partial charge on any atom is 0.164 e. The fourth-order valence-electron chi connectivity index (χ4n) is 2.94. The normalized spacial score (nSPS) is 30.1. The molecular weight excluding hydrogens is 310 g/mol. The van der Waals surface area contributed by atoms with Crippen molar-refractivity contribution in [2.24, 2.45) is 0 Å². The second-order valence-corrected chi connectivity index (χ2v) is 6.07. The molecule has 0 amide bonds. The Morgan fingerprint density at radius 2 is 1.84 bits per heavy atom. The molecular formula is C22H27NO2. The lowest BCUT2D eigenvalue weighted by Crippen LogP contribution is -2.45. The van der Waals surface area contributed by atoms with Crippen LogP contribution in [-0.4, -0.2) is 34.8 Å². The van der Waals surface area contributed by atoms with Gasteiger partial charge in [0, 0.05) is 33.6 Å². The van der Waals surface area contributed by atoms with Gasteiger partial charge >= 0.3 is 0 Å². The Hall–Kier alpha value is -1.97. The standard InChI is InChI=1S/C22H27NO2/c1-23-19(15-21(24)17-9-4-2-5-10-17)13-8-14-20(23)16-22(25)18-11-6-3-7-12-18/h2-7,9-12,19-21,24H,8,13-16H2,1H3/t19-,20+,21?/m0/s1/i1D3,15D2,16D2,21D. The van der Waals surface area contributed by atoms with Crippen molar-refractivity contribution in [3.05, 3.63) is 71.8 Å². The summed E-state index contributed by atoms with van der Waals surface area (Å²) in [6.45, 7) is -2.97. The van der Waals surface area contributed by atoms with Gasteiger partial charge in [0.1, 0.15) is 0 Å². The van der Waals surface area contributed by atoms with Crippen LogP contribution in [0.25, 0.3) is 0 Å². The van der Waals surface area contributed by atoms with Gasteiger partial charge in [-0.1, -0.05) is 67.1 Å². The third-order valence-electron chi connectivity index (χ3n) is 4.31.